The average Bonchev–Trinajstić information content (AvgIpc) is 2.36. The van der Waals surface area contributed by atoms with Crippen LogP contribution in [0, 0.1) is 0 Å². The van der Waals surface area contributed by atoms with Crippen LogP contribution in [-0.4, -0.2) is 43.0 Å². The van der Waals surface area contributed by atoms with E-state index in [4.69, 9.17) is 11.6 Å². The number of nitrogens with zero attached hydrogens (tertiary/aromatic N) is 1. The number of halogens is 2. The van der Waals surface area contributed by atoms with Crippen molar-refractivity contribution >= 4 is 39.1 Å². The largest absolute Gasteiger partial charge is 0.324 e. The van der Waals surface area contributed by atoms with Crippen LogP contribution in [0.25, 0.3) is 0 Å². The summed E-state index contributed by atoms with van der Waals surface area (Å²) in [6.07, 6.45) is 0. The van der Waals surface area contributed by atoms with Gasteiger partial charge in [-0.2, -0.15) is 0 Å². The van der Waals surface area contributed by atoms with E-state index in [9.17, 15) is 4.79 Å². The maximum Gasteiger partial charge on any atom is 0.238 e. The van der Waals surface area contributed by atoms with Crippen LogP contribution in [0.4, 0.5) is 5.69 Å². The Bertz CT molecular complexity index is 469. The van der Waals surface area contributed by atoms with E-state index in [1.54, 1.807) is 12.1 Å². The van der Waals surface area contributed by atoms with Crippen LogP contribution in [0.3, 0.4) is 0 Å². The van der Waals surface area contributed by atoms with E-state index in [1.807, 2.05) is 6.07 Å². The Morgan fingerprint density at radius 3 is 3.11 bits per heavy atom. The van der Waals surface area contributed by atoms with Gasteiger partial charge in [0.05, 0.1) is 17.3 Å². The molecule has 0 aromatic heterocycles. The summed E-state index contributed by atoms with van der Waals surface area (Å²) in [4.78, 5) is 14.2. The molecule has 6 heteroatoms. The van der Waals surface area contributed by atoms with Crippen LogP contribution >= 0.6 is 27.5 Å². The molecule has 2 rings (SSSR count). The maximum absolute atomic E-state index is 12.0. The fraction of sp³-hybridized carbons (Fsp3) is 0.462. The fourth-order valence-electron chi connectivity index (χ4n) is 2.08. The van der Waals surface area contributed by atoms with Gasteiger partial charge >= 0.3 is 0 Å². The zero-order valence-corrected chi connectivity index (χ0v) is 13.1. The van der Waals surface area contributed by atoms with Gasteiger partial charge in [0.15, 0.2) is 0 Å². The summed E-state index contributed by atoms with van der Waals surface area (Å²) in [7, 11) is 0. The van der Waals surface area contributed by atoms with E-state index in [2.05, 4.69) is 38.4 Å². The van der Waals surface area contributed by atoms with Crippen LogP contribution in [-0.2, 0) is 4.79 Å². The molecule has 19 heavy (non-hydrogen) atoms. The quantitative estimate of drug-likeness (QED) is 0.883. The van der Waals surface area contributed by atoms with Crippen molar-refractivity contribution in [2.45, 2.75) is 13.0 Å². The van der Waals surface area contributed by atoms with Crippen molar-refractivity contribution in [3.8, 4) is 0 Å². The molecule has 0 spiro atoms. The van der Waals surface area contributed by atoms with Gasteiger partial charge in [-0.15, -0.1) is 0 Å². The first-order chi connectivity index (χ1) is 9.06. The van der Waals surface area contributed by atoms with Crippen LogP contribution in [0.5, 0.6) is 0 Å². The van der Waals surface area contributed by atoms with Gasteiger partial charge in [-0.1, -0.05) is 27.5 Å². The Morgan fingerprint density at radius 2 is 2.42 bits per heavy atom. The van der Waals surface area contributed by atoms with Gasteiger partial charge in [0.2, 0.25) is 5.91 Å². The number of hydrogen-bond donors (Lipinski definition) is 2. The van der Waals surface area contributed by atoms with Crippen molar-refractivity contribution in [3.63, 3.8) is 0 Å². The van der Waals surface area contributed by atoms with Gasteiger partial charge < -0.3 is 10.6 Å². The van der Waals surface area contributed by atoms with E-state index in [-0.39, 0.29) is 5.91 Å². The van der Waals surface area contributed by atoms with Crippen LogP contribution < -0.4 is 10.6 Å². The highest BCUT2D eigenvalue weighted by Crippen LogP contribution is 2.25. The minimum atomic E-state index is -0.0297. The Labute approximate surface area is 126 Å². The molecule has 1 aromatic rings. The zero-order valence-electron chi connectivity index (χ0n) is 10.7. The summed E-state index contributed by atoms with van der Waals surface area (Å²) >= 11 is 9.41. The monoisotopic (exact) mass is 345 g/mol. The van der Waals surface area contributed by atoms with Crippen molar-refractivity contribution in [2.75, 3.05) is 31.5 Å². The number of carbonyl (C=O) groups is 1. The van der Waals surface area contributed by atoms with Crippen LogP contribution in [0.15, 0.2) is 22.7 Å². The molecule has 0 bridgehead atoms. The summed E-state index contributed by atoms with van der Waals surface area (Å²) in [6, 6.07) is 5.80. The number of nitrogens with one attached hydrogen (secondary N) is 2. The first kappa shape index (κ1) is 14.8. The minimum absolute atomic E-state index is 0.0297. The lowest BCUT2D eigenvalue weighted by Crippen LogP contribution is -2.51. The van der Waals surface area contributed by atoms with E-state index < -0.39 is 0 Å². The minimum Gasteiger partial charge on any atom is -0.324 e. The molecule has 0 saturated carbocycles. The Kier molecular flexibility index (Phi) is 5.21. The Hall–Kier alpha value is -0.620. The zero-order chi connectivity index (χ0) is 13.8. The highest BCUT2D eigenvalue weighted by molar-refractivity contribution is 9.10. The maximum atomic E-state index is 12.0. The van der Waals surface area contributed by atoms with E-state index >= 15 is 0 Å². The van der Waals surface area contributed by atoms with Gasteiger partial charge in [0.25, 0.3) is 0 Å². The smallest absolute Gasteiger partial charge is 0.238 e. The predicted molar refractivity (Wildman–Crippen MR) is 81.7 cm³/mol. The number of amides is 1. The number of hydrogen-bond acceptors (Lipinski definition) is 3. The normalized spacial score (nSPS) is 20.3. The van der Waals surface area contributed by atoms with Gasteiger partial charge in [-0.3, -0.25) is 9.69 Å². The molecule has 1 aliphatic heterocycles. The topological polar surface area (TPSA) is 44.4 Å². The first-order valence-electron chi connectivity index (χ1n) is 6.26. The van der Waals surface area contributed by atoms with E-state index in [1.165, 1.54) is 0 Å². The van der Waals surface area contributed by atoms with Gasteiger partial charge in [-0.05, 0) is 25.1 Å². The predicted octanol–water partition coefficient (Wildman–Crippen LogP) is 2.33. The molecule has 0 unspecified atom stereocenters. The van der Waals surface area contributed by atoms with E-state index in [0.29, 0.717) is 23.3 Å². The SMILES string of the molecule is C[C@@H]1CNCCN1CC(=O)Nc1ccc(Br)cc1Cl. The number of rotatable bonds is 3. The summed E-state index contributed by atoms with van der Waals surface area (Å²) in [5.74, 6) is -0.0297. The lowest BCUT2D eigenvalue weighted by atomic mass is 10.2. The number of carbonyl (C=O) groups excluding carboxylic acids is 1. The van der Waals surface area contributed by atoms with Crippen molar-refractivity contribution < 1.29 is 4.79 Å². The molecule has 1 amide bonds. The van der Waals surface area contributed by atoms with Crippen molar-refractivity contribution in [1.82, 2.24) is 10.2 Å². The van der Waals surface area contributed by atoms with E-state index in [0.717, 1.165) is 24.1 Å². The van der Waals surface area contributed by atoms with Crippen molar-refractivity contribution in [3.05, 3.63) is 27.7 Å². The summed E-state index contributed by atoms with van der Waals surface area (Å²) in [5, 5.41) is 6.69. The molecule has 2 N–H and O–H groups in total. The molecule has 0 aliphatic carbocycles. The molecule has 4 nitrogen and oxygen atoms in total. The molecule has 1 fully saturated rings. The third-order valence-corrected chi connectivity index (χ3v) is 4.00. The lowest BCUT2D eigenvalue weighted by Gasteiger charge is -2.33. The molecular formula is C13H17BrClN3O. The van der Waals surface area contributed by atoms with Crippen LogP contribution in [0.1, 0.15) is 6.92 Å². The van der Waals surface area contributed by atoms with Crippen molar-refractivity contribution in [2.24, 2.45) is 0 Å². The summed E-state index contributed by atoms with van der Waals surface area (Å²) in [5.41, 5.74) is 0.651. The van der Waals surface area contributed by atoms with Crippen LogP contribution in [0.2, 0.25) is 5.02 Å². The average molecular weight is 347 g/mol. The molecule has 1 aliphatic rings. The molecule has 1 atom stereocenters. The summed E-state index contributed by atoms with van der Waals surface area (Å²) < 4.78 is 0.895. The number of benzene rings is 1. The Morgan fingerprint density at radius 1 is 1.63 bits per heavy atom. The first-order valence-corrected chi connectivity index (χ1v) is 7.43. The second-order valence-corrected chi connectivity index (χ2v) is 6.02. The lowest BCUT2D eigenvalue weighted by molar-refractivity contribution is -0.118. The van der Waals surface area contributed by atoms with Gasteiger partial charge in [0, 0.05) is 30.1 Å². The molecule has 0 radical (unpaired) electrons. The van der Waals surface area contributed by atoms with Crippen molar-refractivity contribution in [1.29, 1.82) is 0 Å². The highest BCUT2D eigenvalue weighted by atomic mass is 79.9. The van der Waals surface area contributed by atoms with Gasteiger partial charge in [0.1, 0.15) is 0 Å². The molecule has 1 aromatic carbocycles. The number of piperazine rings is 1. The highest BCUT2D eigenvalue weighted by Gasteiger charge is 2.20. The molecular weight excluding hydrogens is 330 g/mol. The summed E-state index contributed by atoms with van der Waals surface area (Å²) in [6.45, 7) is 5.26. The second-order valence-electron chi connectivity index (χ2n) is 4.70. The third-order valence-electron chi connectivity index (χ3n) is 3.19. The standard InChI is InChI=1S/C13H17BrClN3O/c1-9-7-16-4-5-18(9)8-13(19)17-12-3-2-10(14)6-11(12)15/h2-3,6,9,16H,4-5,7-8H2,1H3,(H,17,19)/t9-/m1/s1. The fourth-order valence-corrected chi connectivity index (χ4v) is 2.80. The molecule has 104 valence electrons. The molecule has 1 saturated heterocycles. The number of anilines is 1. The third kappa shape index (κ3) is 4.18. The Balaban J connectivity index is 1.93. The van der Waals surface area contributed by atoms with Gasteiger partial charge in [-0.25, -0.2) is 0 Å². The molecule has 1 heterocycles. The second kappa shape index (κ2) is 6.70.